The zero-order valence-corrected chi connectivity index (χ0v) is 13.0. The molecular formula is C17H19FN2O4. The van der Waals surface area contributed by atoms with Gasteiger partial charge in [-0.05, 0) is 30.3 Å². The fourth-order valence-electron chi connectivity index (χ4n) is 2.73. The number of halogens is 1. The molecule has 1 fully saturated rings. The van der Waals surface area contributed by atoms with Crippen LogP contribution in [-0.4, -0.2) is 41.8 Å². The van der Waals surface area contributed by atoms with Crippen LogP contribution in [0.3, 0.4) is 0 Å². The van der Waals surface area contributed by atoms with E-state index in [9.17, 15) is 14.3 Å². The number of carbonyl (C=O) groups is 1. The number of carbonyl (C=O) groups excluding carboxylic acids is 1. The van der Waals surface area contributed by atoms with E-state index in [1.807, 2.05) is 0 Å². The molecule has 1 aliphatic heterocycles. The molecule has 6 nitrogen and oxygen atoms in total. The molecule has 2 N–H and O–H groups in total. The summed E-state index contributed by atoms with van der Waals surface area (Å²) in [7, 11) is 0. The number of amides is 2. The van der Waals surface area contributed by atoms with Crippen molar-refractivity contribution in [1.29, 1.82) is 0 Å². The van der Waals surface area contributed by atoms with Gasteiger partial charge in [-0.25, -0.2) is 9.18 Å². The fraction of sp³-hybridized carbons (Fsp3) is 0.353. The molecule has 0 radical (unpaired) electrons. The number of nitrogens with one attached hydrogen (secondary N) is 1. The normalized spacial score (nSPS) is 19.1. The number of ether oxygens (including phenoxy) is 1. The van der Waals surface area contributed by atoms with Gasteiger partial charge in [-0.3, -0.25) is 0 Å². The molecule has 2 aromatic rings. The van der Waals surface area contributed by atoms with E-state index in [0.29, 0.717) is 37.6 Å². The summed E-state index contributed by atoms with van der Waals surface area (Å²) in [4.78, 5) is 14.1. The summed E-state index contributed by atoms with van der Waals surface area (Å²) >= 11 is 0. The van der Waals surface area contributed by atoms with Gasteiger partial charge in [0, 0.05) is 18.7 Å². The molecule has 0 bridgehead atoms. The van der Waals surface area contributed by atoms with E-state index in [-0.39, 0.29) is 12.1 Å². The Morgan fingerprint density at radius 3 is 3.04 bits per heavy atom. The van der Waals surface area contributed by atoms with Crippen LogP contribution in [0, 0.1) is 5.82 Å². The van der Waals surface area contributed by atoms with Crippen molar-refractivity contribution in [3.63, 3.8) is 0 Å². The second-order valence-electron chi connectivity index (χ2n) is 5.63. The van der Waals surface area contributed by atoms with Crippen molar-refractivity contribution in [3.05, 3.63) is 54.2 Å². The largest absolute Gasteiger partial charge is 0.467 e. The van der Waals surface area contributed by atoms with E-state index in [4.69, 9.17) is 9.15 Å². The van der Waals surface area contributed by atoms with Gasteiger partial charge in [0.2, 0.25) is 0 Å². The highest BCUT2D eigenvalue weighted by Gasteiger charge is 2.30. The van der Waals surface area contributed by atoms with Crippen molar-refractivity contribution in [2.45, 2.75) is 18.6 Å². The molecule has 0 aliphatic carbocycles. The Morgan fingerprint density at radius 1 is 1.42 bits per heavy atom. The van der Waals surface area contributed by atoms with Crippen LogP contribution in [0.1, 0.15) is 18.3 Å². The summed E-state index contributed by atoms with van der Waals surface area (Å²) in [6.45, 7) is 1.15. The molecule has 128 valence electrons. The number of nitrogens with zero attached hydrogens (tertiary/aromatic N) is 1. The highest BCUT2D eigenvalue weighted by Crippen LogP contribution is 2.23. The van der Waals surface area contributed by atoms with Crippen molar-refractivity contribution in [1.82, 2.24) is 4.90 Å². The quantitative estimate of drug-likeness (QED) is 0.901. The molecule has 2 heterocycles. The van der Waals surface area contributed by atoms with Crippen molar-refractivity contribution >= 4 is 11.7 Å². The number of aliphatic hydroxyl groups excluding tert-OH is 1. The maximum absolute atomic E-state index is 13.2. The zero-order chi connectivity index (χ0) is 16.9. The van der Waals surface area contributed by atoms with E-state index in [0.717, 1.165) is 0 Å². The lowest BCUT2D eigenvalue weighted by atomic mass is 10.1. The second-order valence-corrected chi connectivity index (χ2v) is 5.63. The minimum Gasteiger partial charge on any atom is -0.467 e. The Kier molecular flexibility index (Phi) is 5.12. The Morgan fingerprint density at radius 2 is 2.29 bits per heavy atom. The van der Waals surface area contributed by atoms with Crippen LogP contribution in [-0.2, 0) is 4.74 Å². The highest BCUT2D eigenvalue weighted by atomic mass is 19.1. The van der Waals surface area contributed by atoms with Crippen molar-refractivity contribution < 1.29 is 23.4 Å². The minimum atomic E-state index is -0.823. The molecule has 0 spiro atoms. The molecule has 1 aromatic heterocycles. The van der Waals surface area contributed by atoms with Crippen LogP contribution in [0.2, 0.25) is 0 Å². The van der Waals surface area contributed by atoms with Gasteiger partial charge < -0.3 is 24.5 Å². The molecule has 0 unspecified atom stereocenters. The Labute approximate surface area is 138 Å². The first kappa shape index (κ1) is 16.5. The number of morpholine rings is 1. The number of rotatable bonds is 4. The maximum Gasteiger partial charge on any atom is 0.322 e. The van der Waals surface area contributed by atoms with E-state index in [1.54, 1.807) is 23.1 Å². The number of anilines is 1. The molecule has 7 heteroatoms. The fourth-order valence-corrected chi connectivity index (χ4v) is 2.73. The third-order valence-corrected chi connectivity index (χ3v) is 3.93. The van der Waals surface area contributed by atoms with Crippen LogP contribution in [0.4, 0.5) is 14.9 Å². The average Bonchev–Trinajstić information content (AvgIpc) is 3.10. The lowest BCUT2D eigenvalue weighted by Gasteiger charge is -2.36. The van der Waals surface area contributed by atoms with Gasteiger partial charge in [0.25, 0.3) is 0 Å². The first-order valence-corrected chi connectivity index (χ1v) is 7.76. The topological polar surface area (TPSA) is 74.9 Å². The maximum atomic E-state index is 13.2. The predicted octanol–water partition coefficient (Wildman–Crippen LogP) is 2.78. The van der Waals surface area contributed by atoms with Crippen LogP contribution in [0.25, 0.3) is 0 Å². The number of benzene rings is 1. The molecule has 1 saturated heterocycles. The molecule has 24 heavy (non-hydrogen) atoms. The highest BCUT2D eigenvalue weighted by molar-refractivity contribution is 5.89. The third-order valence-electron chi connectivity index (χ3n) is 3.93. The van der Waals surface area contributed by atoms with E-state index >= 15 is 0 Å². The summed E-state index contributed by atoms with van der Waals surface area (Å²) in [6, 6.07) is 8.46. The number of hydrogen-bond donors (Lipinski definition) is 2. The first-order chi connectivity index (χ1) is 11.6. The van der Waals surface area contributed by atoms with Gasteiger partial charge in [0.05, 0.1) is 25.5 Å². The summed E-state index contributed by atoms with van der Waals surface area (Å²) in [5.41, 5.74) is 0.386. The van der Waals surface area contributed by atoms with Crippen LogP contribution in [0.5, 0.6) is 0 Å². The molecule has 2 atom stereocenters. The van der Waals surface area contributed by atoms with Gasteiger partial charge >= 0.3 is 6.03 Å². The second kappa shape index (κ2) is 7.46. The lowest BCUT2D eigenvalue weighted by molar-refractivity contribution is -0.00713. The Balaban J connectivity index is 1.66. The number of hydrogen-bond acceptors (Lipinski definition) is 4. The van der Waals surface area contributed by atoms with Gasteiger partial charge in [0.1, 0.15) is 17.7 Å². The van der Waals surface area contributed by atoms with E-state index < -0.39 is 11.9 Å². The average molecular weight is 334 g/mol. The number of furan rings is 1. The van der Waals surface area contributed by atoms with Crippen LogP contribution in [0.15, 0.2) is 47.1 Å². The van der Waals surface area contributed by atoms with Crippen LogP contribution >= 0.6 is 0 Å². The molecular weight excluding hydrogens is 315 g/mol. The molecule has 1 aliphatic rings. The minimum absolute atomic E-state index is 0.296. The van der Waals surface area contributed by atoms with Crippen molar-refractivity contribution in [3.8, 4) is 0 Å². The van der Waals surface area contributed by atoms with E-state index in [1.165, 1.54) is 24.5 Å². The number of aliphatic hydroxyl groups is 1. The van der Waals surface area contributed by atoms with E-state index in [2.05, 4.69) is 5.32 Å². The van der Waals surface area contributed by atoms with Gasteiger partial charge in [-0.15, -0.1) is 0 Å². The van der Waals surface area contributed by atoms with Crippen molar-refractivity contribution in [2.24, 2.45) is 0 Å². The third kappa shape index (κ3) is 3.93. The summed E-state index contributed by atoms with van der Waals surface area (Å²) < 4.78 is 23.9. The molecule has 2 amide bonds. The SMILES string of the molecule is O=C(Nc1cccc(F)c1)N1CCOC[C@@H]1C[C@@H](O)c1ccco1. The van der Waals surface area contributed by atoms with Crippen LogP contribution < -0.4 is 5.32 Å². The summed E-state index contributed by atoms with van der Waals surface area (Å²) in [5.74, 6) is 0.0330. The van der Waals surface area contributed by atoms with Gasteiger partial charge in [-0.2, -0.15) is 0 Å². The monoisotopic (exact) mass is 334 g/mol. The molecule has 3 rings (SSSR count). The van der Waals surface area contributed by atoms with Gasteiger partial charge in [0.15, 0.2) is 0 Å². The van der Waals surface area contributed by atoms with Crippen molar-refractivity contribution in [2.75, 3.05) is 25.1 Å². The van der Waals surface area contributed by atoms with Gasteiger partial charge in [-0.1, -0.05) is 6.07 Å². The smallest absolute Gasteiger partial charge is 0.322 e. The summed E-state index contributed by atoms with van der Waals surface area (Å²) in [6.07, 6.45) is 0.963. The standard InChI is InChI=1S/C17H19FN2O4/c18-12-3-1-4-13(9-12)19-17(22)20-6-8-23-11-14(20)10-15(21)16-5-2-7-24-16/h1-5,7,9,14-15,21H,6,8,10-11H2,(H,19,22)/t14-,15+/m0/s1. The first-order valence-electron chi connectivity index (χ1n) is 7.76. The lowest BCUT2D eigenvalue weighted by Crippen LogP contribution is -2.50. The summed E-state index contributed by atoms with van der Waals surface area (Å²) in [5, 5.41) is 12.9. The molecule has 1 aromatic carbocycles. The zero-order valence-electron chi connectivity index (χ0n) is 13.0. The number of urea groups is 1. The molecule has 0 saturated carbocycles. The Bertz CT molecular complexity index is 677. The predicted molar refractivity (Wildman–Crippen MR) is 85.0 cm³/mol. The Hall–Kier alpha value is -2.38.